The van der Waals surface area contributed by atoms with Crippen molar-refractivity contribution in [3.8, 4) is 0 Å². The first kappa shape index (κ1) is 14.0. The first-order valence-electron chi connectivity index (χ1n) is 7.08. The van der Waals surface area contributed by atoms with Gasteiger partial charge in [-0.15, -0.1) is 0 Å². The van der Waals surface area contributed by atoms with Crippen LogP contribution in [-0.4, -0.2) is 18.2 Å². The molecule has 0 aliphatic heterocycles. The van der Waals surface area contributed by atoms with Gasteiger partial charge in [-0.2, -0.15) is 0 Å². The average molecular weight is 227 g/mol. The van der Waals surface area contributed by atoms with Crippen LogP contribution >= 0.6 is 0 Å². The molecule has 2 N–H and O–H groups in total. The number of nitrogens with two attached hydrogens (primary N) is 1. The molecule has 0 bridgehead atoms. The number of hydrogen-bond acceptors (Lipinski definition) is 2. The van der Waals surface area contributed by atoms with Gasteiger partial charge >= 0.3 is 0 Å². The van der Waals surface area contributed by atoms with Gasteiger partial charge in [-0.1, -0.05) is 39.5 Å². The Balaban J connectivity index is 2.56. The van der Waals surface area contributed by atoms with Crippen molar-refractivity contribution in [3.63, 3.8) is 0 Å². The molecular formula is C14H29NO. The quantitative estimate of drug-likeness (QED) is 0.722. The molecule has 2 nitrogen and oxygen atoms in total. The number of rotatable bonds is 7. The number of ether oxygens (including phenoxy) is 1. The molecule has 1 fully saturated rings. The molecule has 1 rings (SSSR count). The van der Waals surface area contributed by atoms with E-state index in [0.29, 0.717) is 0 Å². The molecular weight excluding hydrogens is 198 g/mol. The van der Waals surface area contributed by atoms with Crippen LogP contribution in [0.15, 0.2) is 0 Å². The molecule has 0 spiro atoms. The molecule has 0 radical (unpaired) electrons. The molecule has 2 heteroatoms. The monoisotopic (exact) mass is 227 g/mol. The molecule has 1 aliphatic rings. The summed E-state index contributed by atoms with van der Waals surface area (Å²) in [5.41, 5.74) is 6.44. The zero-order valence-corrected chi connectivity index (χ0v) is 11.3. The SMILES string of the molecule is CCOC1(C(N)CC(CC)CC)CCCC1. The molecule has 0 saturated heterocycles. The zero-order valence-electron chi connectivity index (χ0n) is 11.3. The molecule has 96 valence electrons. The van der Waals surface area contributed by atoms with Crippen LogP contribution in [0.2, 0.25) is 0 Å². The van der Waals surface area contributed by atoms with Gasteiger partial charge in [0, 0.05) is 12.6 Å². The molecule has 0 aromatic rings. The molecule has 1 saturated carbocycles. The van der Waals surface area contributed by atoms with E-state index in [1.54, 1.807) is 0 Å². The summed E-state index contributed by atoms with van der Waals surface area (Å²) in [6, 6.07) is 0.236. The van der Waals surface area contributed by atoms with E-state index in [1.807, 2.05) is 0 Å². The predicted octanol–water partition coefficient (Wildman–Crippen LogP) is 3.49. The molecule has 0 aromatic carbocycles. The van der Waals surface area contributed by atoms with Crippen molar-refractivity contribution in [1.82, 2.24) is 0 Å². The maximum Gasteiger partial charge on any atom is 0.0832 e. The van der Waals surface area contributed by atoms with E-state index in [1.165, 1.54) is 38.5 Å². The Bertz CT molecular complexity index is 183. The highest BCUT2D eigenvalue weighted by atomic mass is 16.5. The zero-order chi connectivity index (χ0) is 12.0. The van der Waals surface area contributed by atoms with Crippen LogP contribution in [0.5, 0.6) is 0 Å². The van der Waals surface area contributed by atoms with Crippen LogP contribution in [0.25, 0.3) is 0 Å². The van der Waals surface area contributed by atoms with E-state index < -0.39 is 0 Å². The first-order chi connectivity index (χ1) is 7.68. The van der Waals surface area contributed by atoms with Crippen LogP contribution in [0.1, 0.15) is 65.7 Å². The fourth-order valence-electron chi connectivity index (χ4n) is 3.08. The van der Waals surface area contributed by atoms with E-state index in [0.717, 1.165) is 18.9 Å². The maximum atomic E-state index is 6.43. The lowest BCUT2D eigenvalue weighted by Gasteiger charge is -2.36. The second-order valence-electron chi connectivity index (χ2n) is 5.23. The highest BCUT2D eigenvalue weighted by Gasteiger charge is 2.40. The molecule has 0 amide bonds. The van der Waals surface area contributed by atoms with Crippen molar-refractivity contribution in [2.45, 2.75) is 77.4 Å². The largest absolute Gasteiger partial charge is 0.374 e. The van der Waals surface area contributed by atoms with Crippen molar-refractivity contribution in [1.29, 1.82) is 0 Å². The predicted molar refractivity (Wildman–Crippen MR) is 69.5 cm³/mol. The Kier molecular flexibility index (Phi) is 5.77. The minimum absolute atomic E-state index is 0.0113. The second kappa shape index (κ2) is 6.61. The highest BCUT2D eigenvalue weighted by molar-refractivity contribution is 4.96. The van der Waals surface area contributed by atoms with Gasteiger partial charge in [0.05, 0.1) is 5.60 Å². The van der Waals surface area contributed by atoms with Crippen LogP contribution in [0, 0.1) is 5.92 Å². The van der Waals surface area contributed by atoms with Crippen molar-refractivity contribution >= 4 is 0 Å². The van der Waals surface area contributed by atoms with Gasteiger partial charge in [-0.3, -0.25) is 0 Å². The summed E-state index contributed by atoms with van der Waals surface area (Å²) in [6.07, 6.45) is 8.53. The van der Waals surface area contributed by atoms with Crippen molar-refractivity contribution < 1.29 is 4.74 Å². The van der Waals surface area contributed by atoms with Crippen molar-refractivity contribution in [2.24, 2.45) is 11.7 Å². The summed E-state index contributed by atoms with van der Waals surface area (Å²) in [5.74, 6) is 0.771. The molecule has 1 unspecified atom stereocenters. The van der Waals surface area contributed by atoms with Gasteiger partial charge in [-0.25, -0.2) is 0 Å². The lowest BCUT2D eigenvalue weighted by Crippen LogP contribution is -2.49. The van der Waals surface area contributed by atoms with Gasteiger partial charge in [0.2, 0.25) is 0 Å². The Morgan fingerprint density at radius 3 is 2.12 bits per heavy atom. The summed E-state index contributed by atoms with van der Waals surface area (Å²) < 4.78 is 6.02. The Morgan fingerprint density at radius 1 is 1.12 bits per heavy atom. The van der Waals surface area contributed by atoms with Crippen molar-refractivity contribution in [2.75, 3.05) is 6.61 Å². The van der Waals surface area contributed by atoms with Gasteiger partial charge in [0.25, 0.3) is 0 Å². The second-order valence-corrected chi connectivity index (χ2v) is 5.23. The van der Waals surface area contributed by atoms with Gasteiger partial charge in [0.1, 0.15) is 0 Å². The van der Waals surface area contributed by atoms with Crippen LogP contribution < -0.4 is 5.73 Å². The van der Waals surface area contributed by atoms with E-state index in [9.17, 15) is 0 Å². The smallest absolute Gasteiger partial charge is 0.0832 e. The van der Waals surface area contributed by atoms with Crippen LogP contribution in [0.3, 0.4) is 0 Å². The van der Waals surface area contributed by atoms with Gasteiger partial charge in [0.15, 0.2) is 0 Å². The lowest BCUT2D eigenvalue weighted by molar-refractivity contribution is -0.0574. The fourth-order valence-corrected chi connectivity index (χ4v) is 3.08. The third kappa shape index (κ3) is 3.21. The molecule has 0 aromatic heterocycles. The molecule has 1 atom stereocenters. The minimum atomic E-state index is 0.0113. The first-order valence-corrected chi connectivity index (χ1v) is 7.08. The maximum absolute atomic E-state index is 6.43. The topological polar surface area (TPSA) is 35.2 Å². The highest BCUT2D eigenvalue weighted by Crippen LogP contribution is 2.37. The van der Waals surface area contributed by atoms with Gasteiger partial charge < -0.3 is 10.5 Å². The summed E-state index contributed by atoms with van der Waals surface area (Å²) in [4.78, 5) is 0. The molecule has 0 heterocycles. The third-order valence-electron chi connectivity index (χ3n) is 4.30. The van der Waals surface area contributed by atoms with E-state index in [4.69, 9.17) is 10.5 Å². The molecule has 16 heavy (non-hydrogen) atoms. The van der Waals surface area contributed by atoms with E-state index in [-0.39, 0.29) is 11.6 Å². The molecule has 1 aliphatic carbocycles. The standard InChI is InChI=1S/C14H29NO/c1-4-12(5-2)11-13(15)14(16-6-3)9-7-8-10-14/h12-13H,4-11,15H2,1-3H3. The summed E-state index contributed by atoms with van der Waals surface area (Å²) in [5, 5.41) is 0. The normalized spacial score (nSPS) is 21.6. The fraction of sp³-hybridized carbons (Fsp3) is 1.00. The number of hydrogen-bond donors (Lipinski definition) is 1. The lowest BCUT2D eigenvalue weighted by atomic mass is 9.84. The summed E-state index contributed by atoms with van der Waals surface area (Å²) in [6.45, 7) is 7.42. The Hall–Kier alpha value is -0.0800. The minimum Gasteiger partial charge on any atom is -0.374 e. The van der Waals surface area contributed by atoms with Crippen molar-refractivity contribution in [3.05, 3.63) is 0 Å². The average Bonchev–Trinajstić information content (AvgIpc) is 2.76. The Labute approximate surface area is 101 Å². The van der Waals surface area contributed by atoms with Gasteiger partial charge in [-0.05, 0) is 32.1 Å². The summed E-state index contributed by atoms with van der Waals surface area (Å²) in [7, 11) is 0. The Morgan fingerprint density at radius 2 is 1.69 bits per heavy atom. The third-order valence-corrected chi connectivity index (χ3v) is 4.30. The summed E-state index contributed by atoms with van der Waals surface area (Å²) >= 11 is 0. The van der Waals surface area contributed by atoms with E-state index in [2.05, 4.69) is 20.8 Å². The van der Waals surface area contributed by atoms with E-state index >= 15 is 0 Å². The van der Waals surface area contributed by atoms with Crippen LogP contribution in [-0.2, 0) is 4.74 Å². The van der Waals surface area contributed by atoms with Crippen LogP contribution in [0.4, 0.5) is 0 Å².